The number of amides is 4. The second-order valence-electron chi connectivity index (χ2n) is 14.2. The van der Waals surface area contributed by atoms with E-state index in [0.717, 1.165) is 22.8 Å². The van der Waals surface area contributed by atoms with Crippen LogP contribution in [0.2, 0.25) is 4.47 Å². The molecule has 0 aliphatic carbocycles. The summed E-state index contributed by atoms with van der Waals surface area (Å²) in [5.41, 5.74) is 2.60. The number of nitrogens with zero attached hydrogens (tertiary/aromatic N) is 4. The number of likely N-dealkylation sites (N-methyl/N-ethyl adjacent to an activating group) is 2. The smallest absolute Gasteiger partial charge is 0.273 e. The Hall–Kier alpha value is -6.41. The number of fused-ring (bicyclic) bond motifs is 4. The number of carbonyl (C=O) groups excluding carboxylic acids is 4. The number of aliphatic hydroxyl groups is 1. The zero-order valence-electron chi connectivity index (χ0n) is 34.8. The van der Waals surface area contributed by atoms with Crippen molar-refractivity contribution in [2.75, 3.05) is 65.1 Å². The quantitative estimate of drug-likeness (QED) is 0.0845. The molecule has 0 radical (unpaired) electrons. The highest BCUT2D eigenvalue weighted by Crippen LogP contribution is 2.37. The first-order valence-electron chi connectivity index (χ1n) is 19.5. The Balaban J connectivity index is 0.000000188. The summed E-state index contributed by atoms with van der Waals surface area (Å²) < 4.78 is 17.7. The van der Waals surface area contributed by atoms with Crippen molar-refractivity contribution in [3.8, 4) is 28.2 Å². The van der Waals surface area contributed by atoms with Crippen LogP contribution in [0.5, 0.6) is 28.2 Å². The number of thiazole rings is 2. The molecule has 2 aromatic heterocycles. The van der Waals surface area contributed by atoms with Gasteiger partial charge in [-0.1, -0.05) is 47.2 Å². The van der Waals surface area contributed by atoms with E-state index in [0.29, 0.717) is 86.0 Å². The number of hydrogen-bond acceptors (Lipinski definition) is 14. The number of aliphatic hydroxyl groups excluding tert-OH is 1. The van der Waals surface area contributed by atoms with Crippen molar-refractivity contribution in [1.29, 1.82) is 0 Å². The summed E-state index contributed by atoms with van der Waals surface area (Å²) in [7, 11) is 7.81. The van der Waals surface area contributed by atoms with Crippen molar-refractivity contribution in [2.45, 2.75) is 13.1 Å². The van der Waals surface area contributed by atoms with Crippen LogP contribution in [-0.4, -0.2) is 103 Å². The second-order valence-corrected chi connectivity index (χ2v) is 17.0. The van der Waals surface area contributed by atoms with Crippen molar-refractivity contribution in [3.63, 3.8) is 0 Å². The molecule has 4 aromatic carbocycles. The van der Waals surface area contributed by atoms with Gasteiger partial charge in [-0.3, -0.25) is 19.2 Å². The zero-order valence-corrected chi connectivity index (χ0v) is 37.2. The van der Waals surface area contributed by atoms with Gasteiger partial charge < -0.3 is 50.4 Å². The van der Waals surface area contributed by atoms with E-state index in [1.54, 1.807) is 97.3 Å². The third-order valence-electron chi connectivity index (χ3n) is 8.90. The first-order chi connectivity index (χ1) is 30.4. The Morgan fingerprint density at radius 2 is 1.19 bits per heavy atom. The fraction of sp³-hybridized carbons (Fsp3) is 0.227. The average Bonchev–Trinajstić information content (AvgIpc) is 3.84. The highest BCUT2D eigenvalue weighted by Gasteiger charge is 2.23. The molecule has 0 spiro atoms. The molecular weight excluding hydrogens is 868 g/mol. The molecule has 0 atom stereocenters. The van der Waals surface area contributed by atoms with E-state index in [9.17, 15) is 19.2 Å². The average molecular weight is 913 g/mol. The Labute approximate surface area is 376 Å². The van der Waals surface area contributed by atoms with Crippen LogP contribution in [0.1, 0.15) is 51.2 Å². The number of anilines is 2. The zero-order chi connectivity index (χ0) is 44.9. The molecule has 328 valence electrons. The molecule has 5 N–H and O–H groups in total. The van der Waals surface area contributed by atoms with Crippen LogP contribution < -0.4 is 35.5 Å². The minimum atomic E-state index is -0.281. The lowest BCUT2D eigenvalue weighted by Gasteiger charge is -2.10. The van der Waals surface area contributed by atoms with Gasteiger partial charge in [0.1, 0.15) is 18.1 Å². The van der Waals surface area contributed by atoms with Crippen molar-refractivity contribution in [3.05, 3.63) is 134 Å². The van der Waals surface area contributed by atoms with Crippen LogP contribution in [0, 0.1) is 0 Å². The predicted molar refractivity (Wildman–Crippen MR) is 243 cm³/mol. The molecule has 63 heavy (non-hydrogen) atoms. The third kappa shape index (κ3) is 13.1. The van der Waals surface area contributed by atoms with Gasteiger partial charge in [0, 0.05) is 46.4 Å². The van der Waals surface area contributed by atoms with Crippen LogP contribution in [-0.2, 0) is 13.1 Å². The van der Waals surface area contributed by atoms with Crippen LogP contribution in [0.3, 0.4) is 0 Å². The van der Waals surface area contributed by atoms with Gasteiger partial charge in [0.25, 0.3) is 28.8 Å². The van der Waals surface area contributed by atoms with Crippen LogP contribution in [0.4, 0.5) is 11.4 Å². The number of nitrogens with one attached hydrogen (secondary N) is 4. The standard InChI is InChI=1S/C22H22N4O4S.C18H12ClN3O3S.C4H11NO/c1-26(2)9-10-29-22-24-13-15(31-22)12-23-20(27)14-7-8-19-17(11-14)25-21(28)16-5-3-4-6-18(16)30-19;19-18-21-9-11(26-18)8-20-16(23)10-5-6-15-13(7-10)22-17(24)12-3-1-2-4-14(12)25-15;1-5(2)3-4-6/h3-8,11,13H,9-10,12H2,1-2H3,(H,23,27)(H,25,28);1-7,9H,8H2,(H,20,23)(H,22,24);6H,3-4H2,1-2H3. The summed E-state index contributed by atoms with van der Waals surface area (Å²) in [5, 5.41) is 20.0. The second kappa shape index (κ2) is 22.1. The number of halogens is 1. The van der Waals surface area contributed by atoms with E-state index in [-0.39, 0.29) is 30.2 Å². The van der Waals surface area contributed by atoms with Gasteiger partial charge in [0.05, 0.1) is 42.2 Å². The van der Waals surface area contributed by atoms with E-state index in [4.69, 9.17) is 30.9 Å². The maximum absolute atomic E-state index is 12.6. The molecule has 4 heterocycles. The van der Waals surface area contributed by atoms with Crippen LogP contribution in [0.15, 0.2) is 97.3 Å². The first-order valence-corrected chi connectivity index (χ1v) is 21.5. The Kier molecular flexibility index (Phi) is 16.2. The van der Waals surface area contributed by atoms with Crippen LogP contribution >= 0.6 is 34.3 Å². The van der Waals surface area contributed by atoms with E-state index >= 15 is 0 Å². The molecule has 0 unspecified atom stereocenters. The van der Waals surface area contributed by atoms with Gasteiger partial charge in [-0.05, 0) is 88.9 Å². The molecule has 0 saturated heterocycles. The number of aromatic nitrogens is 2. The fourth-order valence-electron chi connectivity index (χ4n) is 5.68. The normalized spacial score (nSPS) is 12.1. The largest absolute Gasteiger partial charge is 0.469 e. The van der Waals surface area contributed by atoms with E-state index < -0.39 is 0 Å². The molecule has 6 aromatic rings. The number of rotatable bonds is 12. The molecular formula is C44H45ClN8O8S2. The molecule has 2 aliphatic heterocycles. The summed E-state index contributed by atoms with van der Waals surface area (Å²) in [6.07, 6.45) is 3.31. The summed E-state index contributed by atoms with van der Waals surface area (Å²) in [4.78, 5) is 63.7. The third-order valence-corrected chi connectivity index (χ3v) is 10.9. The van der Waals surface area contributed by atoms with E-state index in [2.05, 4.69) is 31.2 Å². The molecule has 0 saturated carbocycles. The lowest BCUT2D eigenvalue weighted by molar-refractivity contribution is 0.0943. The van der Waals surface area contributed by atoms with Crippen molar-refractivity contribution in [2.24, 2.45) is 0 Å². The Bertz CT molecular complexity index is 2560. The lowest BCUT2D eigenvalue weighted by Crippen LogP contribution is -2.22. The highest BCUT2D eigenvalue weighted by atomic mass is 35.5. The van der Waals surface area contributed by atoms with Crippen LogP contribution in [0.25, 0.3) is 0 Å². The topological polar surface area (TPSA) is 197 Å². The summed E-state index contributed by atoms with van der Waals surface area (Å²) in [6, 6.07) is 23.8. The van der Waals surface area contributed by atoms with Gasteiger partial charge in [0.15, 0.2) is 16.0 Å². The summed E-state index contributed by atoms with van der Waals surface area (Å²) in [5.74, 6) is 0.823. The monoisotopic (exact) mass is 912 g/mol. The lowest BCUT2D eigenvalue weighted by atomic mass is 10.1. The molecule has 19 heteroatoms. The number of para-hydroxylation sites is 2. The van der Waals surface area contributed by atoms with Gasteiger partial charge >= 0.3 is 0 Å². The first kappa shape index (κ1) is 46.1. The number of carbonyl (C=O) groups is 4. The molecule has 16 nitrogen and oxygen atoms in total. The Morgan fingerprint density at radius 1 is 0.698 bits per heavy atom. The molecule has 8 rings (SSSR count). The molecule has 4 amide bonds. The van der Waals surface area contributed by atoms with Crippen molar-refractivity contribution >= 4 is 69.3 Å². The van der Waals surface area contributed by atoms with Crippen molar-refractivity contribution in [1.82, 2.24) is 30.4 Å². The molecule has 0 bridgehead atoms. The van der Waals surface area contributed by atoms with Gasteiger partial charge in [-0.2, -0.15) is 0 Å². The number of ether oxygens (including phenoxy) is 3. The number of hydrogen-bond donors (Lipinski definition) is 5. The Morgan fingerprint density at radius 3 is 1.65 bits per heavy atom. The van der Waals surface area contributed by atoms with E-state index in [1.165, 1.54) is 22.7 Å². The minimum Gasteiger partial charge on any atom is -0.469 e. The maximum atomic E-state index is 12.6. The minimum absolute atomic E-state index is 0.257. The van der Waals surface area contributed by atoms with E-state index in [1.807, 2.05) is 38.0 Å². The number of benzene rings is 4. The van der Waals surface area contributed by atoms with Crippen molar-refractivity contribution < 1.29 is 38.5 Å². The molecule has 0 fully saturated rings. The highest BCUT2D eigenvalue weighted by molar-refractivity contribution is 7.15. The predicted octanol–water partition coefficient (Wildman–Crippen LogP) is 7.00. The van der Waals surface area contributed by atoms with Gasteiger partial charge in [0.2, 0.25) is 0 Å². The summed E-state index contributed by atoms with van der Waals surface area (Å²) in [6.45, 7) is 3.04. The SMILES string of the molecule is CN(C)CCO.CN(C)CCOc1ncc(CNC(=O)c2ccc3c(c2)NC(=O)c2ccccc2O3)s1.O=C(NCc1cnc(Cl)s1)c1ccc2c(c1)NC(=O)c1ccccc1O2. The van der Waals surface area contributed by atoms with Gasteiger partial charge in [-0.15, -0.1) is 11.3 Å². The fourth-order valence-corrected chi connectivity index (χ4v) is 7.32. The maximum Gasteiger partial charge on any atom is 0.273 e. The molecule has 2 aliphatic rings. The summed E-state index contributed by atoms with van der Waals surface area (Å²) >= 11 is 8.48. The van der Waals surface area contributed by atoms with Gasteiger partial charge in [-0.25, -0.2) is 9.97 Å².